The quantitative estimate of drug-likeness (QED) is 0.752. The number of likely N-dealkylation sites (tertiary alicyclic amines) is 1. The van der Waals surface area contributed by atoms with Crippen molar-refractivity contribution in [3.63, 3.8) is 0 Å². The minimum atomic E-state index is -0.135. The lowest BCUT2D eigenvalue weighted by Gasteiger charge is -2.31. The predicted molar refractivity (Wildman–Crippen MR) is 102 cm³/mol. The summed E-state index contributed by atoms with van der Waals surface area (Å²) in [6.07, 6.45) is 6.53. The number of benzene rings is 1. The number of anilines is 1. The average Bonchev–Trinajstić information content (AvgIpc) is 3.40. The summed E-state index contributed by atoms with van der Waals surface area (Å²) in [4.78, 5) is 30.9. The zero-order valence-corrected chi connectivity index (χ0v) is 15.5. The second-order valence-electron chi connectivity index (χ2n) is 6.90. The lowest BCUT2D eigenvalue weighted by Crippen LogP contribution is -2.41. The second-order valence-corrected chi connectivity index (χ2v) is 6.90. The normalized spacial score (nSPS) is 14.8. The molecule has 0 radical (unpaired) electrons. The topological polar surface area (TPSA) is 93.3 Å². The van der Waals surface area contributed by atoms with Crippen molar-refractivity contribution >= 4 is 17.6 Å². The summed E-state index contributed by atoms with van der Waals surface area (Å²) in [5, 5.41) is 6.55. The van der Waals surface area contributed by atoms with Crippen LogP contribution in [0.1, 0.15) is 29.0 Å². The molecule has 3 aromatic rings. The van der Waals surface area contributed by atoms with Gasteiger partial charge in [-0.25, -0.2) is 4.98 Å². The van der Waals surface area contributed by atoms with Crippen molar-refractivity contribution in [2.45, 2.75) is 19.8 Å². The Hall–Kier alpha value is -3.42. The maximum absolute atomic E-state index is 12.8. The fraction of sp³-hybridized carbons (Fsp3) is 0.300. The highest BCUT2D eigenvalue weighted by Gasteiger charge is 2.28. The molecule has 8 heteroatoms. The molecule has 0 unspecified atom stereocenters. The van der Waals surface area contributed by atoms with E-state index in [0.29, 0.717) is 43.1 Å². The maximum atomic E-state index is 12.8. The Morgan fingerprint density at radius 1 is 1.18 bits per heavy atom. The molecule has 1 aromatic carbocycles. The SMILES string of the molecule is Cc1cc(NC(=O)C2CCN(C(=O)c3ccc(-n4ccnc4)cc3)CC2)no1. The molecule has 2 amide bonds. The molecule has 1 fully saturated rings. The Bertz CT molecular complexity index is 954. The molecule has 1 aliphatic heterocycles. The van der Waals surface area contributed by atoms with Gasteiger partial charge in [0.15, 0.2) is 5.82 Å². The molecule has 0 spiro atoms. The van der Waals surface area contributed by atoms with Crippen LogP contribution in [0.15, 0.2) is 53.6 Å². The summed E-state index contributed by atoms with van der Waals surface area (Å²) in [5.74, 6) is 0.853. The van der Waals surface area contributed by atoms with Crippen molar-refractivity contribution in [3.8, 4) is 5.69 Å². The average molecular weight is 379 g/mol. The molecule has 0 saturated carbocycles. The highest BCUT2D eigenvalue weighted by Crippen LogP contribution is 2.21. The van der Waals surface area contributed by atoms with Gasteiger partial charge in [0, 0.05) is 48.7 Å². The van der Waals surface area contributed by atoms with Crippen LogP contribution in [-0.4, -0.2) is 44.5 Å². The molecular weight excluding hydrogens is 358 g/mol. The lowest BCUT2D eigenvalue weighted by molar-refractivity contribution is -0.121. The Morgan fingerprint density at radius 2 is 1.93 bits per heavy atom. The van der Waals surface area contributed by atoms with Gasteiger partial charge in [0.05, 0.1) is 6.33 Å². The number of nitrogens with zero attached hydrogens (tertiary/aromatic N) is 4. The number of carbonyl (C=O) groups is 2. The molecule has 3 heterocycles. The molecule has 1 aliphatic rings. The fourth-order valence-corrected chi connectivity index (χ4v) is 3.37. The minimum Gasteiger partial charge on any atom is -0.360 e. The number of nitrogens with one attached hydrogen (secondary N) is 1. The van der Waals surface area contributed by atoms with Crippen LogP contribution in [0.2, 0.25) is 0 Å². The van der Waals surface area contributed by atoms with Crippen LogP contribution in [0.5, 0.6) is 0 Å². The third kappa shape index (κ3) is 3.80. The monoisotopic (exact) mass is 379 g/mol. The Kier molecular flexibility index (Phi) is 4.92. The molecule has 4 rings (SSSR count). The number of aryl methyl sites for hydroxylation is 1. The van der Waals surface area contributed by atoms with E-state index in [0.717, 1.165) is 5.69 Å². The predicted octanol–water partition coefficient (Wildman–Crippen LogP) is 2.66. The summed E-state index contributed by atoms with van der Waals surface area (Å²) >= 11 is 0. The first-order valence-corrected chi connectivity index (χ1v) is 9.22. The van der Waals surface area contributed by atoms with Gasteiger partial charge in [-0.05, 0) is 44.0 Å². The largest absolute Gasteiger partial charge is 0.360 e. The number of hydrogen-bond donors (Lipinski definition) is 1. The van der Waals surface area contributed by atoms with Crippen LogP contribution < -0.4 is 5.32 Å². The van der Waals surface area contributed by atoms with Gasteiger partial charge < -0.3 is 19.3 Å². The van der Waals surface area contributed by atoms with E-state index in [9.17, 15) is 9.59 Å². The van der Waals surface area contributed by atoms with Gasteiger partial charge >= 0.3 is 0 Å². The number of amides is 2. The lowest BCUT2D eigenvalue weighted by atomic mass is 9.95. The molecule has 0 aliphatic carbocycles. The molecule has 8 nitrogen and oxygen atoms in total. The van der Waals surface area contributed by atoms with Crippen LogP contribution >= 0.6 is 0 Å². The molecule has 144 valence electrons. The van der Waals surface area contributed by atoms with E-state index >= 15 is 0 Å². The van der Waals surface area contributed by atoms with Gasteiger partial charge in [0.25, 0.3) is 5.91 Å². The van der Waals surface area contributed by atoms with Gasteiger partial charge in [0.2, 0.25) is 5.91 Å². The fourth-order valence-electron chi connectivity index (χ4n) is 3.37. The molecule has 0 bridgehead atoms. The zero-order chi connectivity index (χ0) is 19.5. The van der Waals surface area contributed by atoms with Crippen molar-refractivity contribution in [2.75, 3.05) is 18.4 Å². The van der Waals surface area contributed by atoms with Gasteiger partial charge in [0.1, 0.15) is 5.76 Å². The third-order valence-corrected chi connectivity index (χ3v) is 4.95. The summed E-state index contributed by atoms with van der Waals surface area (Å²) in [6.45, 7) is 2.88. The van der Waals surface area contributed by atoms with E-state index in [1.165, 1.54) is 0 Å². The van der Waals surface area contributed by atoms with Gasteiger partial charge in [-0.3, -0.25) is 9.59 Å². The summed E-state index contributed by atoms with van der Waals surface area (Å²) in [6, 6.07) is 9.13. The highest BCUT2D eigenvalue weighted by molar-refractivity contribution is 5.95. The van der Waals surface area contributed by atoms with Crippen LogP contribution in [-0.2, 0) is 4.79 Å². The number of hydrogen-bond acceptors (Lipinski definition) is 5. The van der Waals surface area contributed by atoms with Crippen molar-refractivity contribution in [1.82, 2.24) is 19.6 Å². The van der Waals surface area contributed by atoms with Crippen molar-refractivity contribution in [1.29, 1.82) is 0 Å². The van der Waals surface area contributed by atoms with Crippen molar-refractivity contribution in [2.24, 2.45) is 5.92 Å². The maximum Gasteiger partial charge on any atom is 0.253 e. The highest BCUT2D eigenvalue weighted by atomic mass is 16.5. The van der Waals surface area contributed by atoms with E-state index in [1.807, 2.05) is 35.0 Å². The van der Waals surface area contributed by atoms with E-state index in [1.54, 1.807) is 30.4 Å². The first-order chi connectivity index (χ1) is 13.6. The molecule has 0 atom stereocenters. The van der Waals surface area contributed by atoms with Gasteiger partial charge in [-0.2, -0.15) is 0 Å². The first kappa shape index (κ1) is 18.0. The van der Waals surface area contributed by atoms with E-state index in [2.05, 4.69) is 15.5 Å². The molecule has 28 heavy (non-hydrogen) atoms. The zero-order valence-electron chi connectivity index (χ0n) is 15.5. The van der Waals surface area contributed by atoms with E-state index in [-0.39, 0.29) is 17.7 Å². The number of piperidine rings is 1. The van der Waals surface area contributed by atoms with Crippen LogP contribution in [0, 0.1) is 12.8 Å². The minimum absolute atomic E-state index is 0.0110. The number of aromatic nitrogens is 3. The van der Waals surface area contributed by atoms with E-state index < -0.39 is 0 Å². The first-order valence-electron chi connectivity index (χ1n) is 9.22. The summed E-state index contributed by atoms with van der Waals surface area (Å²) in [7, 11) is 0. The molecular formula is C20H21N5O3. The van der Waals surface area contributed by atoms with Gasteiger partial charge in [-0.15, -0.1) is 0 Å². The number of rotatable bonds is 4. The Balaban J connectivity index is 1.33. The van der Waals surface area contributed by atoms with Crippen LogP contribution in [0.25, 0.3) is 5.69 Å². The third-order valence-electron chi connectivity index (χ3n) is 4.95. The van der Waals surface area contributed by atoms with Crippen molar-refractivity contribution < 1.29 is 14.1 Å². The summed E-state index contributed by atoms with van der Waals surface area (Å²) < 4.78 is 6.84. The number of carbonyl (C=O) groups excluding carboxylic acids is 2. The molecule has 1 N–H and O–H groups in total. The second kappa shape index (κ2) is 7.67. The number of imidazole rings is 1. The summed E-state index contributed by atoms with van der Waals surface area (Å²) in [5.41, 5.74) is 1.59. The Morgan fingerprint density at radius 3 is 2.54 bits per heavy atom. The van der Waals surface area contributed by atoms with Crippen molar-refractivity contribution in [3.05, 3.63) is 60.4 Å². The van der Waals surface area contributed by atoms with Crippen LogP contribution in [0.3, 0.4) is 0 Å². The molecule has 1 saturated heterocycles. The smallest absolute Gasteiger partial charge is 0.253 e. The standard InChI is InChI=1S/C20H21N5O3/c1-14-12-18(23-28-14)22-19(26)15-6-9-24(10-7-15)20(27)16-2-4-17(5-3-16)25-11-8-21-13-25/h2-5,8,11-13,15H,6-7,9-10H2,1H3,(H,22,23,26). The Labute approximate surface area is 162 Å². The van der Waals surface area contributed by atoms with E-state index in [4.69, 9.17) is 4.52 Å². The van der Waals surface area contributed by atoms with Crippen LogP contribution in [0.4, 0.5) is 5.82 Å². The molecule has 2 aromatic heterocycles. The van der Waals surface area contributed by atoms with Gasteiger partial charge in [-0.1, -0.05) is 5.16 Å².